The number of nitrogens with one attached hydrogen (secondary N) is 1. The summed E-state index contributed by atoms with van der Waals surface area (Å²) in [5.74, 6) is 0.934. The lowest BCUT2D eigenvalue weighted by Crippen LogP contribution is -2.52. The molecule has 2 N–H and O–H groups in total. The number of aromatic amines is 1. The second-order valence-electron chi connectivity index (χ2n) is 9.66. The smallest absolute Gasteiger partial charge is 0.335 e. The van der Waals surface area contributed by atoms with Crippen LogP contribution in [-0.2, 0) is 6.54 Å². The minimum atomic E-state index is -0.878. The van der Waals surface area contributed by atoms with Crippen LogP contribution in [0.25, 0.3) is 10.9 Å². The van der Waals surface area contributed by atoms with Gasteiger partial charge in [-0.25, -0.2) is 4.79 Å². The number of aryl methyl sites for hydroxylation is 1. The third kappa shape index (κ3) is 3.12. The van der Waals surface area contributed by atoms with Crippen molar-refractivity contribution < 1.29 is 14.6 Å². The van der Waals surface area contributed by atoms with Crippen LogP contribution in [0.1, 0.15) is 45.9 Å². The molecule has 32 heavy (non-hydrogen) atoms. The van der Waals surface area contributed by atoms with E-state index in [0.29, 0.717) is 11.6 Å². The summed E-state index contributed by atoms with van der Waals surface area (Å²) >= 11 is 0. The zero-order valence-electron chi connectivity index (χ0n) is 18.5. The average molecular weight is 432 g/mol. The van der Waals surface area contributed by atoms with Crippen molar-refractivity contribution in [3.63, 3.8) is 0 Å². The number of hydrogen-bond donors (Lipinski definition) is 2. The van der Waals surface area contributed by atoms with Gasteiger partial charge in [-0.3, -0.25) is 9.80 Å². The van der Waals surface area contributed by atoms with E-state index in [1.54, 1.807) is 19.2 Å². The zero-order chi connectivity index (χ0) is 22.0. The molecule has 1 aliphatic carbocycles. The number of aromatic nitrogens is 1. The number of ether oxygens (including phenoxy) is 1. The van der Waals surface area contributed by atoms with Crippen molar-refractivity contribution in [2.75, 3.05) is 20.2 Å². The number of fused-ring (bicyclic) bond motifs is 4. The number of piperazine rings is 1. The molecule has 0 spiro atoms. The molecule has 3 fully saturated rings. The lowest BCUT2D eigenvalue weighted by molar-refractivity contribution is 0.0312. The van der Waals surface area contributed by atoms with E-state index in [0.717, 1.165) is 37.3 Å². The Hall–Kier alpha value is -2.83. The Bertz CT molecular complexity index is 1180. The molecule has 3 heterocycles. The van der Waals surface area contributed by atoms with Gasteiger partial charge in [0, 0.05) is 60.4 Å². The van der Waals surface area contributed by atoms with E-state index in [-0.39, 0.29) is 6.04 Å². The first kappa shape index (κ1) is 19.8. The highest BCUT2D eigenvalue weighted by Gasteiger charge is 2.54. The fourth-order valence-electron chi connectivity index (χ4n) is 6.15. The van der Waals surface area contributed by atoms with Crippen molar-refractivity contribution in [2.45, 2.75) is 44.4 Å². The van der Waals surface area contributed by atoms with Gasteiger partial charge in [-0.15, -0.1) is 0 Å². The minimum absolute atomic E-state index is 0.230. The number of nitrogens with zero attached hydrogens (tertiary/aromatic N) is 2. The van der Waals surface area contributed by atoms with Crippen LogP contribution in [0.15, 0.2) is 42.6 Å². The molecule has 0 radical (unpaired) electrons. The lowest BCUT2D eigenvalue weighted by Gasteiger charge is -2.45. The quantitative estimate of drug-likeness (QED) is 0.634. The van der Waals surface area contributed by atoms with Gasteiger partial charge < -0.3 is 14.8 Å². The molecule has 166 valence electrons. The SMILES string of the molecule is COc1cc(C)c2[nH]ccc2c1CN1C[C@H]2C[C@H]3C[C@H]3N2C[C@@H]1c1ccc(C(=O)O)cc1. The highest BCUT2D eigenvalue weighted by molar-refractivity contribution is 5.88. The van der Waals surface area contributed by atoms with Crippen LogP contribution in [-0.4, -0.2) is 58.1 Å². The van der Waals surface area contributed by atoms with Crippen LogP contribution in [0.3, 0.4) is 0 Å². The highest BCUT2D eigenvalue weighted by atomic mass is 16.5. The molecule has 2 saturated heterocycles. The maximum Gasteiger partial charge on any atom is 0.335 e. The third-order valence-corrected chi connectivity index (χ3v) is 7.86. The maximum absolute atomic E-state index is 11.4. The first-order valence-corrected chi connectivity index (χ1v) is 11.5. The Morgan fingerprint density at radius 1 is 1.19 bits per heavy atom. The second-order valence-corrected chi connectivity index (χ2v) is 9.66. The molecule has 3 aromatic rings. The normalized spacial score (nSPS) is 27.3. The zero-order valence-corrected chi connectivity index (χ0v) is 18.5. The summed E-state index contributed by atoms with van der Waals surface area (Å²) < 4.78 is 5.82. The van der Waals surface area contributed by atoms with Crippen molar-refractivity contribution in [3.8, 4) is 5.75 Å². The Kier molecular flexibility index (Phi) is 4.56. The molecule has 6 heteroatoms. The van der Waals surface area contributed by atoms with Crippen molar-refractivity contribution in [1.29, 1.82) is 0 Å². The van der Waals surface area contributed by atoms with Crippen LogP contribution < -0.4 is 4.74 Å². The van der Waals surface area contributed by atoms with E-state index in [1.807, 2.05) is 18.3 Å². The van der Waals surface area contributed by atoms with Gasteiger partial charge in [0.1, 0.15) is 5.75 Å². The molecule has 6 rings (SSSR count). The standard InChI is InChI=1S/C26H29N3O3/c1-15-9-24(32-2)21(20-7-8-27-25(15)20)13-28-12-19-10-18-11-22(18)29(19)14-23(28)16-3-5-17(6-4-16)26(30)31/h3-9,18-19,22-23,27H,10-14H2,1-2H3,(H,30,31)/t18-,19+,22+,23+/m0/s1. The Labute approximate surface area is 187 Å². The summed E-state index contributed by atoms with van der Waals surface area (Å²) in [7, 11) is 1.75. The number of H-pyrrole nitrogens is 1. The third-order valence-electron chi connectivity index (χ3n) is 7.86. The first-order valence-electron chi connectivity index (χ1n) is 11.5. The largest absolute Gasteiger partial charge is 0.496 e. The molecule has 1 saturated carbocycles. The van der Waals surface area contributed by atoms with E-state index < -0.39 is 5.97 Å². The molecule has 3 aliphatic rings. The Balaban J connectivity index is 1.38. The summed E-state index contributed by atoms with van der Waals surface area (Å²) in [6.07, 6.45) is 4.65. The van der Waals surface area contributed by atoms with Crippen molar-refractivity contribution in [1.82, 2.24) is 14.8 Å². The lowest BCUT2D eigenvalue weighted by atomic mass is 9.96. The number of piperidine rings is 1. The topological polar surface area (TPSA) is 68.8 Å². The number of methoxy groups -OCH3 is 1. The number of rotatable bonds is 5. The van der Waals surface area contributed by atoms with Crippen LogP contribution in [0.2, 0.25) is 0 Å². The minimum Gasteiger partial charge on any atom is -0.496 e. The number of carboxylic acids is 1. The van der Waals surface area contributed by atoms with Crippen LogP contribution in [0.4, 0.5) is 0 Å². The first-order chi connectivity index (χ1) is 15.5. The van der Waals surface area contributed by atoms with E-state index in [4.69, 9.17) is 4.74 Å². The molecule has 2 aromatic carbocycles. The molecule has 1 aromatic heterocycles. The summed E-state index contributed by atoms with van der Waals surface area (Å²) in [5, 5.41) is 10.5. The van der Waals surface area contributed by atoms with Crippen molar-refractivity contribution >= 4 is 16.9 Å². The summed E-state index contributed by atoms with van der Waals surface area (Å²) in [5.41, 5.74) is 5.11. The van der Waals surface area contributed by atoms with E-state index >= 15 is 0 Å². The molecule has 4 atom stereocenters. The molecule has 0 unspecified atom stereocenters. The van der Waals surface area contributed by atoms with Crippen LogP contribution in [0, 0.1) is 12.8 Å². The Morgan fingerprint density at radius 3 is 2.75 bits per heavy atom. The van der Waals surface area contributed by atoms with Gasteiger partial charge in [0.15, 0.2) is 0 Å². The summed E-state index contributed by atoms with van der Waals surface area (Å²) in [6, 6.07) is 13.4. The molecule has 0 bridgehead atoms. The fraction of sp³-hybridized carbons (Fsp3) is 0.423. The van der Waals surface area contributed by atoms with Crippen LogP contribution in [0.5, 0.6) is 5.75 Å². The number of carbonyl (C=O) groups is 1. The monoisotopic (exact) mass is 431 g/mol. The van der Waals surface area contributed by atoms with Gasteiger partial charge in [-0.05, 0) is 61.1 Å². The van der Waals surface area contributed by atoms with Gasteiger partial charge in [0.05, 0.1) is 12.7 Å². The fourth-order valence-corrected chi connectivity index (χ4v) is 6.15. The molecular formula is C26H29N3O3. The predicted molar refractivity (Wildman–Crippen MR) is 123 cm³/mol. The van der Waals surface area contributed by atoms with E-state index in [9.17, 15) is 9.90 Å². The summed E-state index contributed by atoms with van der Waals surface area (Å²) in [6.45, 7) is 4.95. The van der Waals surface area contributed by atoms with Gasteiger partial charge in [0.2, 0.25) is 0 Å². The predicted octanol–water partition coefficient (Wildman–Crippen LogP) is 4.20. The second kappa shape index (κ2) is 7.36. The number of hydrogen-bond acceptors (Lipinski definition) is 4. The highest BCUT2D eigenvalue weighted by Crippen LogP contribution is 2.51. The summed E-state index contributed by atoms with van der Waals surface area (Å²) in [4.78, 5) is 20.0. The van der Waals surface area contributed by atoms with E-state index in [1.165, 1.54) is 40.4 Å². The molecule has 6 nitrogen and oxygen atoms in total. The molecule has 0 amide bonds. The van der Waals surface area contributed by atoms with Gasteiger partial charge in [0.25, 0.3) is 0 Å². The molecule has 2 aliphatic heterocycles. The van der Waals surface area contributed by atoms with Crippen molar-refractivity contribution in [2.24, 2.45) is 5.92 Å². The van der Waals surface area contributed by atoms with Crippen molar-refractivity contribution in [3.05, 3.63) is 64.8 Å². The number of benzene rings is 2. The maximum atomic E-state index is 11.4. The number of carboxylic acid groups (broad SMARTS) is 1. The Morgan fingerprint density at radius 2 is 2.00 bits per heavy atom. The van der Waals surface area contributed by atoms with Crippen LogP contribution >= 0.6 is 0 Å². The molecular weight excluding hydrogens is 402 g/mol. The average Bonchev–Trinajstić information content (AvgIpc) is 3.22. The van der Waals surface area contributed by atoms with E-state index in [2.05, 4.69) is 33.8 Å². The van der Waals surface area contributed by atoms with Gasteiger partial charge in [-0.2, -0.15) is 0 Å². The van der Waals surface area contributed by atoms with Gasteiger partial charge in [-0.1, -0.05) is 12.1 Å². The number of aromatic carboxylic acids is 1. The van der Waals surface area contributed by atoms with Gasteiger partial charge >= 0.3 is 5.97 Å².